The zero-order valence-electron chi connectivity index (χ0n) is 19.5. The second-order valence-electron chi connectivity index (χ2n) is 9.03. The first-order chi connectivity index (χ1) is 16.5. The number of carbonyl (C=O) groups excluding carboxylic acids is 1. The Kier molecular flexibility index (Phi) is 6.40. The minimum Gasteiger partial charge on any atom is -0.348 e. The van der Waals surface area contributed by atoms with Crippen LogP contribution >= 0.6 is 15.9 Å². The van der Waals surface area contributed by atoms with Crippen molar-refractivity contribution in [1.82, 2.24) is 14.8 Å². The number of likely N-dealkylation sites (tertiary alicyclic amines) is 1. The molecule has 0 radical (unpaired) electrons. The average molecular weight is 514 g/mol. The highest BCUT2D eigenvalue weighted by Gasteiger charge is 2.22. The Balaban J connectivity index is 1.56. The highest BCUT2D eigenvalue weighted by Crippen LogP contribution is 2.34. The molecule has 1 saturated heterocycles. The van der Waals surface area contributed by atoms with E-state index in [9.17, 15) is 4.79 Å². The van der Waals surface area contributed by atoms with E-state index in [0.717, 1.165) is 52.2 Å². The third-order valence-corrected chi connectivity index (χ3v) is 7.05. The molecule has 1 amide bonds. The normalized spacial score (nSPS) is 16.0. The summed E-state index contributed by atoms with van der Waals surface area (Å²) in [6.07, 6.45) is 0.995. The van der Waals surface area contributed by atoms with Gasteiger partial charge in [0.25, 0.3) is 5.91 Å². The molecule has 5 heteroatoms. The monoisotopic (exact) mass is 513 g/mol. The van der Waals surface area contributed by atoms with E-state index < -0.39 is 0 Å². The van der Waals surface area contributed by atoms with Gasteiger partial charge in [-0.15, -0.1) is 0 Å². The summed E-state index contributed by atoms with van der Waals surface area (Å²) in [5, 5.41) is 3.20. The van der Waals surface area contributed by atoms with Crippen molar-refractivity contribution in [2.24, 2.45) is 0 Å². The molecule has 34 heavy (non-hydrogen) atoms. The number of nitrogens with one attached hydrogen (secondary N) is 1. The van der Waals surface area contributed by atoms with Crippen molar-refractivity contribution in [2.45, 2.75) is 19.4 Å². The standard InChI is InChI=1S/C29H28BrN3O/c1-20-6-3-4-9-26(20)33-27(21-10-12-24(30)13-11-21)14-15-28(33)22-7-5-8-23(18-22)29(34)31-25-16-17-32(2)19-25/h3-15,18,25H,16-17,19H2,1-2H3,(H,31,34). The molecule has 2 heterocycles. The number of nitrogens with zero attached hydrogens (tertiary/aromatic N) is 2. The van der Waals surface area contributed by atoms with E-state index in [1.807, 2.05) is 18.2 Å². The lowest BCUT2D eigenvalue weighted by atomic mass is 10.1. The first-order valence-electron chi connectivity index (χ1n) is 11.6. The third kappa shape index (κ3) is 4.59. The number of amides is 1. The van der Waals surface area contributed by atoms with Crippen LogP contribution in [0.4, 0.5) is 0 Å². The number of likely N-dealkylation sites (N-methyl/N-ethyl adjacent to an activating group) is 1. The molecule has 1 aliphatic heterocycles. The maximum Gasteiger partial charge on any atom is 0.251 e. The minimum atomic E-state index is -0.00993. The van der Waals surface area contributed by atoms with Gasteiger partial charge in [0.1, 0.15) is 0 Å². The number of rotatable bonds is 5. The Bertz CT molecular complexity index is 1330. The molecule has 0 spiro atoms. The average Bonchev–Trinajstić information content (AvgIpc) is 3.46. The van der Waals surface area contributed by atoms with Crippen LogP contribution in [0, 0.1) is 6.92 Å². The Hall–Kier alpha value is -3.15. The molecule has 1 aromatic heterocycles. The second kappa shape index (κ2) is 9.61. The van der Waals surface area contributed by atoms with Crippen molar-refractivity contribution in [2.75, 3.05) is 20.1 Å². The van der Waals surface area contributed by atoms with Crippen LogP contribution in [0.25, 0.3) is 28.2 Å². The smallest absolute Gasteiger partial charge is 0.251 e. The molecule has 172 valence electrons. The van der Waals surface area contributed by atoms with Crippen molar-refractivity contribution >= 4 is 21.8 Å². The second-order valence-corrected chi connectivity index (χ2v) is 9.95. The molecule has 4 aromatic rings. The Morgan fingerprint density at radius 2 is 1.65 bits per heavy atom. The summed E-state index contributed by atoms with van der Waals surface area (Å²) in [6.45, 7) is 4.05. The molecule has 1 N–H and O–H groups in total. The van der Waals surface area contributed by atoms with Crippen LogP contribution in [0.1, 0.15) is 22.3 Å². The van der Waals surface area contributed by atoms with Gasteiger partial charge in [-0.25, -0.2) is 0 Å². The maximum absolute atomic E-state index is 13.0. The largest absolute Gasteiger partial charge is 0.348 e. The molecule has 0 bridgehead atoms. The van der Waals surface area contributed by atoms with Crippen molar-refractivity contribution in [3.63, 3.8) is 0 Å². The van der Waals surface area contributed by atoms with Gasteiger partial charge in [-0.1, -0.05) is 58.4 Å². The summed E-state index contributed by atoms with van der Waals surface area (Å²) in [6, 6.07) is 29.3. The summed E-state index contributed by atoms with van der Waals surface area (Å²) in [5.74, 6) is -0.00993. The fraction of sp³-hybridized carbons (Fsp3) is 0.207. The zero-order valence-corrected chi connectivity index (χ0v) is 21.0. The van der Waals surface area contributed by atoms with Gasteiger partial charge in [-0.2, -0.15) is 0 Å². The van der Waals surface area contributed by atoms with E-state index in [2.05, 4.69) is 111 Å². The summed E-state index contributed by atoms with van der Waals surface area (Å²) < 4.78 is 3.35. The summed E-state index contributed by atoms with van der Waals surface area (Å²) in [4.78, 5) is 15.3. The topological polar surface area (TPSA) is 37.3 Å². The van der Waals surface area contributed by atoms with Crippen molar-refractivity contribution < 1.29 is 4.79 Å². The molecule has 3 aromatic carbocycles. The lowest BCUT2D eigenvalue weighted by Crippen LogP contribution is -2.36. The highest BCUT2D eigenvalue weighted by atomic mass is 79.9. The Morgan fingerprint density at radius 3 is 2.35 bits per heavy atom. The zero-order chi connectivity index (χ0) is 23.7. The predicted molar refractivity (Wildman–Crippen MR) is 142 cm³/mol. The summed E-state index contributed by atoms with van der Waals surface area (Å²) in [5.41, 5.74) is 7.33. The lowest BCUT2D eigenvalue weighted by molar-refractivity contribution is 0.0938. The molecular weight excluding hydrogens is 486 g/mol. The van der Waals surface area contributed by atoms with Crippen molar-refractivity contribution in [1.29, 1.82) is 0 Å². The predicted octanol–water partition coefficient (Wildman–Crippen LogP) is 6.32. The third-order valence-electron chi connectivity index (χ3n) is 6.52. The summed E-state index contributed by atoms with van der Waals surface area (Å²) in [7, 11) is 2.09. The van der Waals surface area contributed by atoms with Gasteiger partial charge in [0.2, 0.25) is 0 Å². The van der Waals surface area contributed by atoms with E-state index >= 15 is 0 Å². The van der Waals surface area contributed by atoms with Crippen LogP contribution < -0.4 is 5.32 Å². The van der Waals surface area contributed by atoms with Crippen LogP contribution in [0.15, 0.2) is 89.4 Å². The number of hydrogen-bond acceptors (Lipinski definition) is 2. The fourth-order valence-electron chi connectivity index (χ4n) is 4.72. The van der Waals surface area contributed by atoms with Gasteiger partial charge in [0.15, 0.2) is 0 Å². The molecule has 1 fully saturated rings. The van der Waals surface area contributed by atoms with Gasteiger partial charge in [-0.3, -0.25) is 4.79 Å². The van der Waals surface area contributed by atoms with E-state index in [-0.39, 0.29) is 11.9 Å². The molecule has 5 rings (SSSR count). The maximum atomic E-state index is 13.0. The molecule has 0 saturated carbocycles. The van der Waals surface area contributed by atoms with E-state index in [1.54, 1.807) is 0 Å². The highest BCUT2D eigenvalue weighted by molar-refractivity contribution is 9.10. The van der Waals surface area contributed by atoms with Gasteiger partial charge in [0.05, 0.1) is 11.4 Å². The number of carbonyl (C=O) groups is 1. The number of aromatic nitrogens is 1. The van der Waals surface area contributed by atoms with E-state index in [1.165, 1.54) is 5.56 Å². The quantitative estimate of drug-likeness (QED) is 0.339. The van der Waals surface area contributed by atoms with E-state index in [4.69, 9.17) is 0 Å². The van der Waals surface area contributed by atoms with Gasteiger partial charge in [-0.05, 0) is 86.1 Å². The van der Waals surface area contributed by atoms with Crippen LogP contribution in [-0.4, -0.2) is 41.6 Å². The van der Waals surface area contributed by atoms with Crippen LogP contribution in [0.5, 0.6) is 0 Å². The molecule has 1 aliphatic rings. The lowest BCUT2D eigenvalue weighted by Gasteiger charge is -2.17. The molecule has 4 nitrogen and oxygen atoms in total. The van der Waals surface area contributed by atoms with Crippen LogP contribution in [-0.2, 0) is 0 Å². The number of hydrogen-bond donors (Lipinski definition) is 1. The molecule has 0 aliphatic carbocycles. The van der Waals surface area contributed by atoms with Crippen LogP contribution in [0.2, 0.25) is 0 Å². The Labute approximate surface area is 209 Å². The van der Waals surface area contributed by atoms with Gasteiger partial charge in [0, 0.05) is 28.3 Å². The SMILES string of the molecule is Cc1ccccc1-n1c(-c2ccc(Br)cc2)ccc1-c1cccc(C(=O)NC2CCN(C)C2)c1. The number of halogens is 1. The van der Waals surface area contributed by atoms with Crippen molar-refractivity contribution in [3.05, 3.63) is 101 Å². The fourth-order valence-corrected chi connectivity index (χ4v) is 4.99. The molecular formula is C29H28BrN3O. The number of para-hydroxylation sites is 1. The van der Waals surface area contributed by atoms with Crippen LogP contribution in [0.3, 0.4) is 0 Å². The molecule has 1 unspecified atom stereocenters. The van der Waals surface area contributed by atoms with Crippen molar-refractivity contribution in [3.8, 4) is 28.2 Å². The number of benzene rings is 3. The summed E-state index contributed by atoms with van der Waals surface area (Å²) >= 11 is 3.54. The minimum absolute atomic E-state index is 0.00993. The first kappa shape index (κ1) is 22.6. The molecule has 1 atom stereocenters. The number of aryl methyl sites for hydroxylation is 1. The van der Waals surface area contributed by atoms with E-state index in [0.29, 0.717) is 5.56 Å². The Morgan fingerprint density at radius 1 is 0.912 bits per heavy atom. The first-order valence-corrected chi connectivity index (χ1v) is 12.4. The van der Waals surface area contributed by atoms with Gasteiger partial charge < -0.3 is 14.8 Å². The van der Waals surface area contributed by atoms with Gasteiger partial charge >= 0.3 is 0 Å².